The van der Waals surface area contributed by atoms with Crippen LogP contribution in [0.3, 0.4) is 0 Å². The molecule has 2 aromatic carbocycles. The smallest absolute Gasteiger partial charge is 0.340 e. The summed E-state index contributed by atoms with van der Waals surface area (Å²) >= 11 is 1.20. The van der Waals surface area contributed by atoms with Crippen LogP contribution < -0.4 is 5.32 Å². The van der Waals surface area contributed by atoms with Crippen molar-refractivity contribution in [2.75, 3.05) is 30.8 Å². The molecule has 0 saturated carbocycles. The zero-order chi connectivity index (χ0) is 18.9. The van der Waals surface area contributed by atoms with E-state index in [0.717, 1.165) is 6.07 Å². The third-order valence-corrected chi connectivity index (χ3v) is 4.28. The molecule has 0 aromatic heterocycles. The Bertz CT molecular complexity index is 787. The van der Waals surface area contributed by atoms with Gasteiger partial charge in [0.25, 0.3) is 5.69 Å². The number of ether oxygens (including phenoxy) is 1. The first-order valence-electron chi connectivity index (χ1n) is 7.70. The summed E-state index contributed by atoms with van der Waals surface area (Å²) in [5.41, 5.74) is 0.0900. The summed E-state index contributed by atoms with van der Waals surface area (Å²) < 4.78 is 18.6. The van der Waals surface area contributed by atoms with Crippen LogP contribution in [0.2, 0.25) is 0 Å². The molecule has 0 fully saturated rings. The fraction of sp³-hybridized carbons (Fsp3) is 0.235. The monoisotopic (exact) mass is 380 g/mol. The first-order chi connectivity index (χ1) is 12.5. The van der Waals surface area contributed by atoms with Gasteiger partial charge in [0.15, 0.2) is 0 Å². The van der Waals surface area contributed by atoms with Gasteiger partial charge in [0.1, 0.15) is 12.4 Å². The molecule has 26 heavy (non-hydrogen) atoms. The number of non-ortho nitro benzene ring substituents is 1. The van der Waals surface area contributed by atoms with E-state index in [1.165, 1.54) is 30.0 Å². The lowest BCUT2D eigenvalue weighted by Gasteiger charge is -2.11. The van der Waals surface area contributed by atoms with Gasteiger partial charge in [0.2, 0.25) is 0 Å². The van der Waals surface area contributed by atoms with Crippen LogP contribution in [0, 0.1) is 15.9 Å². The topological polar surface area (TPSA) is 102 Å². The van der Waals surface area contributed by atoms with Crippen molar-refractivity contribution in [2.45, 2.75) is 4.90 Å². The van der Waals surface area contributed by atoms with Crippen LogP contribution in [0.15, 0.2) is 47.4 Å². The minimum absolute atomic E-state index is 0.00328. The van der Waals surface area contributed by atoms with Gasteiger partial charge in [-0.15, -0.1) is 11.8 Å². The summed E-state index contributed by atoms with van der Waals surface area (Å²) in [4.78, 5) is 23.0. The number of esters is 1. The maximum absolute atomic E-state index is 13.5. The van der Waals surface area contributed by atoms with Gasteiger partial charge in [0.05, 0.1) is 17.1 Å². The van der Waals surface area contributed by atoms with Crippen molar-refractivity contribution in [1.29, 1.82) is 0 Å². The quantitative estimate of drug-likeness (QED) is 0.227. The second kappa shape index (κ2) is 9.73. The summed E-state index contributed by atoms with van der Waals surface area (Å²) in [7, 11) is 0. The lowest BCUT2D eigenvalue weighted by molar-refractivity contribution is -0.384. The molecule has 0 spiro atoms. The Labute approximate surface area is 153 Å². The maximum atomic E-state index is 13.5. The van der Waals surface area contributed by atoms with E-state index in [-0.39, 0.29) is 36.8 Å². The van der Waals surface area contributed by atoms with Gasteiger partial charge >= 0.3 is 5.97 Å². The third kappa shape index (κ3) is 5.43. The number of halogens is 1. The first-order valence-corrected chi connectivity index (χ1v) is 8.69. The normalized spacial score (nSPS) is 10.4. The zero-order valence-corrected chi connectivity index (χ0v) is 14.5. The van der Waals surface area contributed by atoms with Gasteiger partial charge in [-0.3, -0.25) is 10.1 Å². The molecule has 0 unspecified atom stereocenters. The predicted octanol–water partition coefficient (Wildman–Crippen LogP) is 3.09. The number of hydrogen-bond donors (Lipinski definition) is 2. The van der Waals surface area contributed by atoms with E-state index >= 15 is 0 Å². The Morgan fingerprint density at radius 1 is 1.31 bits per heavy atom. The molecule has 0 atom stereocenters. The number of anilines is 1. The molecule has 0 aliphatic carbocycles. The van der Waals surface area contributed by atoms with Crippen LogP contribution in [0.5, 0.6) is 0 Å². The van der Waals surface area contributed by atoms with E-state index < -0.39 is 10.9 Å². The zero-order valence-electron chi connectivity index (χ0n) is 13.7. The van der Waals surface area contributed by atoms with Crippen molar-refractivity contribution in [2.24, 2.45) is 0 Å². The van der Waals surface area contributed by atoms with Gasteiger partial charge in [-0.05, 0) is 18.2 Å². The SMILES string of the molecule is O=C(OCCSc1ccccc1F)c1cc([N+](=O)[O-])ccc1NCCO. The average Bonchev–Trinajstić information content (AvgIpc) is 2.64. The number of rotatable bonds is 9. The molecule has 0 heterocycles. The standard InChI is InChI=1S/C17H17FN2O5S/c18-14-3-1-2-4-16(14)26-10-9-25-17(22)13-11-12(20(23)24)5-6-15(13)19-7-8-21/h1-6,11,19,21H,7-10H2. The number of nitrogens with zero attached hydrogens (tertiary/aromatic N) is 1. The van der Waals surface area contributed by atoms with E-state index in [1.54, 1.807) is 18.2 Å². The van der Waals surface area contributed by atoms with Crippen molar-refractivity contribution < 1.29 is 24.0 Å². The second-order valence-electron chi connectivity index (χ2n) is 5.05. The number of carbonyl (C=O) groups is 1. The summed E-state index contributed by atoms with van der Waals surface area (Å²) in [5.74, 6) is -0.748. The van der Waals surface area contributed by atoms with Crippen molar-refractivity contribution in [3.63, 3.8) is 0 Å². The van der Waals surface area contributed by atoms with E-state index in [2.05, 4.69) is 5.32 Å². The summed E-state index contributed by atoms with van der Waals surface area (Å²) in [6, 6.07) is 10.0. The van der Waals surface area contributed by atoms with Gasteiger partial charge < -0.3 is 15.2 Å². The van der Waals surface area contributed by atoms with Crippen LogP contribution in [0.1, 0.15) is 10.4 Å². The maximum Gasteiger partial charge on any atom is 0.340 e. The molecule has 2 aromatic rings. The van der Waals surface area contributed by atoms with Crippen molar-refractivity contribution in [3.05, 3.63) is 64.0 Å². The highest BCUT2D eigenvalue weighted by molar-refractivity contribution is 7.99. The molecule has 7 nitrogen and oxygen atoms in total. The Morgan fingerprint density at radius 2 is 2.08 bits per heavy atom. The third-order valence-electron chi connectivity index (χ3n) is 3.27. The number of nitro benzene ring substituents is 1. The summed E-state index contributed by atoms with van der Waals surface area (Å²) in [5, 5.41) is 22.6. The molecule has 9 heteroatoms. The minimum atomic E-state index is -0.733. The van der Waals surface area contributed by atoms with E-state index in [4.69, 9.17) is 9.84 Å². The lowest BCUT2D eigenvalue weighted by Crippen LogP contribution is -2.14. The molecule has 0 bridgehead atoms. The number of nitrogens with one attached hydrogen (secondary N) is 1. The van der Waals surface area contributed by atoms with Crippen molar-refractivity contribution in [3.8, 4) is 0 Å². The van der Waals surface area contributed by atoms with Gasteiger partial charge in [-0.25, -0.2) is 9.18 Å². The molecule has 0 radical (unpaired) electrons. The first kappa shape index (κ1) is 19.7. The number of nitro groups is 1. The van der Waals surface area contributed by atoms with Crippen molar-refractivity contribution in [1.82, 2.24) is 0 Å². The highest BCUT2D eigenvalue weighted by Gasteiger charge is 2.18. The van der Waals surface area contributed by atoms with E-state index in [9.17, 15) is 19.3 Å². The highest BCUT2D eigenvalue weighted by Crippen LogP contribution is 2.24. The summed E-state index contributed by atoms with van der Waals surface area (Å²) in [6.07, 6.45) is 0. The van der Waals surface area contributed by atoms with E-state index in [1.807, 2.05) is 0 Å². The Kier molecular flexibility index (Phi) is 7.37. The Balaban J connectivity index is 1.99. The fourth-order valence-corrected chi connectivity index (χ4v) is 2.85. The molecule has 0 aliphatic rings. The molecule has 0 saturated heterocycles. The Hall–Kier alpha value is -2.65. The van der Waals surface area contributed by atoms with E-state index in [0.29, 0.717) is 16.3 Å². The van der Waals surface area contributed by atoms with Crippen LogP contribution in [-0.2, 0) is 4.74 Å². The van der Waals surface area contributed by atoms with Gasteiger partial charge in [-0.1, -0.05) is 12.1 Å². The predicted molar refractivity (Wildman–Crippen MR) is 96.1 cm³/mol. The summed E-state index contributed by atoms with van der Waals surface area (Å²) in [6.45, 7) is 0.0337. The molecule has 0 aliphatic heterocycles. The van der Waals surface area contributed by atoms with Crippen LogP contribution in [-0.4, -0.2) is 41.5 Å². The van der Waals surface area contributed by atoms with Gasteiger partial charge in [0, 0.05) is 35.0 Å². The fourth-order valence-electron chi connectivity index (χ4n) is 2.08. The molecular formula is C17H17FN2O5S. The molecular weight excluding hydrogens is 363 g/mol. The number of benzene rings is 2. The molecule has 2 rings (SSSR count). The molecule has 138 valence electrons. The Morgan fingerprint density at radius 3 is 2.77 bits per heavy atom. The lowest BCUT2D eigenvalue weighted by atomic mass is 10.1. The second-order valence-corrected chi connectivity index (χ2v) is 6.19. The van der Waals surface area contributed by atoms with Crippen LogP contribution in [0.25, 0.3) is 0 Å². The van der Waals surface area contributed by atoms with Crippen LogP contribution in [0.4, 0.5) is 15.8 Å². The number of hydrogen-bond acceptors (Lipinski definition) is 7. The molecule has 0 amide bonds. The van der Waals surface area contributed by atoms with Gasteiger partial charge in [-0.2, -0.15) is 0 Å². The average molecular weight is 380 g/mol. The largest absolute Gasteiger partial charge is 0.461 e. The minimum Gasteiger partial charge on any atom is -0.461 e. The van der Waals surface area contributed by atoms with Crippen LogP contribution >= 0.6 is 11.8 Å². The number of carbonyl (C=O) groups excluding carboxylic acids is 1. The highest BCUT2D eigenvalue weighted by atomic mass is 32.2. The number of aliphatic hydroxyl groups excluding tert-OH is 1. The molecule has 2 N–H and O–H groups in total. The van der Waals surface area contributed by atoms with Crippen molar-refractivity contribution >= 4 is 29.1 Å². The number of thioether (sulfide) groups is 1. The number of aliphatic hydroxyl groups is 1.